The van der Waals surface area contributed by atoms with Crippen molar-refractivity contribution in [2.75, 3.05) is 5.75 Å². The van der Waals surface area contributed by atoms with E-state index in [1.165, 1.54) is 12.1 Å². The minimum absolute atomic E-state index is 0.194. The maximum Gasteiger partial charge on any atom is 0.328 e. The molecule has 0 heterocycles. The van der Waals surface area contributed by atoms with Crippen LogP contribution < -0.4 is 0 Å². The van der Waals surface area contributed by atoms with Gasteiger partial charge in [-0.05, 0) is 12.1 Å². The van der Waals surface area contributed by atoms with Crippen LogP contribution in [0.3, 0.4) is 0 Å². The lowest BCUT2D eigenvalue weighted by Gasteiger charge is -1.99. The maximum atomic E-state index is 11.6. The first-order chi connectivity index (χ1) is 7.02. The van der Waals surface area contributed by atoms with Crippen LogP contribution in [0.4, 0.5) is 0 Å². The van der Waals surface area contributed by atoms with E-state index in [1.807, 2.05) is 0 Å². The first kappa shape index (κ1) is 11.5. The second-order valence-corrected chi connectivity index (χ2v) is 4.87. The van der Waals surface area contributed by atoms with Crippen LogP contribution in [0.15, 0.2) is 47.4 Å². The number of hydrogen-bond donors (Lipinski definition) is 1. The lowest BCUT2D eigenvalue weighted by Crippen LogP contribution is -2.04. The smallest absolute Gasteiger partial charge is 0.328 e. The van der Waals surface area contributed by atoms with Crippen LogP contribution in [0, 0.1) is 0 Å². The van der Waals surface area contributed by atoms with Gasteiger partial charge < -0.3 is 5.11 Å². The van der Waals surface area contributed by atoms with E-state index in [1.54, 1.807) is 18.2 Å². The molecule has 15 heavy (non-hydrogen) atoms. The van der Waals surface area contributed by atoms with Gasteiger partial charge in [-0.2, -0.15) is 0 Å². The lowest BCUT2D eigenvalue weighted by molar-refractivity contribution is -0.131. The first-order valence-corrected chi connectivity index (χ1v) is 5.85. The number of rotatable bonds is 4. The third kappa shape index (κ3) is 3.55. The van der Waals surface area contributed by atoms with Gasteiger partial charge in [0, 0.05) is 6.08 Å². The number of aliphatic carboxylic acids is 1. The Morgan fingerprint density at radius 1 is 1.27 bits per heavy atom. The summed E-state index contributed by atoms with van der Waals surface area (Å²) in [5.74, 6) is -1.46. The highest BCUT2D eigenvalue weighted by molar-refractivity contribution is 7.91. The van der Waals surface area contributed by atoms with Gasteiger partial charge in [0.2, 0.25) is 0 Å². The summed E-state index contributed by atoms with van der Waals surface area (Å²) in [6, 6.07) is 7.90. The zero-order chi connectivity index (χ0) is 11.3. The zero-order valence-electron chi connectivity index (χ0n) is 7.83. The highest BCUT2D eigenvalue weighted by Gasteiger charge is 2.11. The normalized spacial score (nSPS) is 11.7. The van der Waals surface area contributed by atoms with Crippen LogP contribution in [0.1, 0.15) is 0 Å². The molecule has 0 radical (unpaired) electrons. The summed E-state index contributed by atoms with van der Waals surface area (Å²) in [6.07, 6.45) is 1.94. The quantitative estimate of drug-likeness (QED) is 0.780. The Kier molecular flexibility index (Phi) is 3.62. The molecule has 0 aliphatic rings. The molecule has 1 N–H and O–H groups in total. The molecular formula is C10H10O4S. The van der Waals surface area contributed by atoms with Crippen molar-refractivity contribution in [3.63, 3.8) is 0 Å². The molecule has 0 aliphatic heterocycles. The van der Waals surface area contributed by atoms with Crippen molar-refractivity contribution in [1.29, 1.82) is 0 Å². The van der Waals surface area contributed by atoms with Crippen LogP contribution in [-0.2, 0) is 14.6 Å². The lowest BCUT2D eigenvalue weighted by atomic mass is 10.4. The molecule has 1 aromatic carbocycles. The van der Waals surface area contributed by atoms with E-state index in [2.05, 4.69) is 0 Å². The van der Waals surface area contributed by atoms with Gasteiger partial charge in [0.25, 0.3) is 0 Å². The van der Waals surface area contributed by atoms with Gasteiger partial charge in [0.15, 0.2) is 9.84 Å². The highest BCUT2D eigenvalue weighted by Crippen LogP contribution is 2.09. The van der Waals surface area contributed by atoms with Crippen molar-refractivity contribution in [3.8, 4) is 0 Å². The third-order valence-corrected chi connectivity index (χ3v) is 3.30. The van der Waals surface area contributed by atoms with Gasteiger partial charge in [-0.3, -0.25) is 0 Å². The van der Waals surface area contributed by atoms with Crippen LogP contribution >= 0.6 is 0 Å². The molecule has 0 aromatic heterocycles. The number of hydrogen-bond acceptors (Lipinski definition) is 3. The molecule has 0 unspecified atom stereocenters. The molecule has 4 nitrogen and oxygen atoms in total. The number of carboxylic acids is 1. The molecule has 1 aromatic rings. The second-order valence-electron chi connectivity index (χ2n) is 2.84. The van der Waals surface area contributed by atoms with E-state index < -0.39 is 15.8 Å². The van der Waals surface area contributed by atoms with E-state index in [4.69, 9.17) is 5.11 Å². The molecule has 80 valence electrons. The molecule has 0 aliphatic carbocycles. The summed E-state index contributed by atoms with van der Waals surface area (Å²) >= 11 is 0. The number of carbonyl (C=O) groups is 1. The van der Waals surface area contributed by atoms with Gasteiger partial charge in [-0.15, -0.1) is 0 Å². The first-order valence-electron chi connectivity index (χ1n) is 4.19. The largest absolute Gasteiger partial charge is 0.478 e. The average molecular weight is 226 g/mol. The zero-order valence-corrected chi connectivity index (χ0v) is 8.65. The minimum atomic E-state index is -3.41. The predicted molar refractivity (Wildman–Crippen MR) is 55.3 cm³/mol. The Labute approximate surface area is 87.8 Å². The van der Waals surface area contributed by atoms with Gasteiger partial charge in [0.05, 0.1) is 10.6 Å². The fraction of sp³-hybridized carbons (Fsp3) is 0.100. The van der Waals surface area contributed by atoms with E-state index >= 15 is 0 Å². The Bertz CT molecular complexity index is 459. The summed E-state index contributed by atoms with van der Waals surface area (Å²) < 4.78 is 23.1. The summed E-state index contributed by atoms with van der Waals surface area (Å²) in [5, 5.41) is 8.30. The standard InChI is InChI=1S/C10H10O4S/c11-10(12)7-4-8-15(13,14)9-5-2-1-3-6-9/h1-7H,8H2,(H,11,12)/b7-4+. The second kappa shape index (κ2) is 4.75. The Morgan fingerprint density at radius 3 is 2.40 bits per heavy atom. The number of carboxylic acid groups (broad SMARTS) is 1. The molecule has 5 heteroatoms. The van der Waals surface area contributed by atoms with Crippen molar-refractivity contribution in [1.82, 2.24) is 0 Å². The average Bonchev–Trinajstić information content (AvgIpc) is 2.18. The monoisotopic (exact) mass is 226 g/mol. The summed E-state index contributed by atoms with van der Waals surface area (Å²) in [7, 11) is -3.41. The molecular weight excluding hydrogens is 216 g/mol. The van der Waals surface area contributed by atoms with E-state index in [-0.39, 0.29) is 10.6 Å². The topological polar surface area (TPSA) is 71.4 Å². The summed E-state index contributed by atoms with van der Waals surface area (Å²) in [5.41, 5.74) is 0. The molecule has 0 fully saturated rings. The summed E-state index contributed by atoms with van der Waals surface area (Å²) in [6.45, 7) is 0. The van der Waals surface area contributed by atoms with Crippen LogP contribution in [0.25, 0.3) is 0 Å². The van der Waals surface area contributed by atoms with E-state index in [0.29, 0.717) is 0 Å². The van der Waals surface area contributed by atoms with Gasteiger partial charge in [-0.25, -0.2) is 13.2 Å². The minimum Gasteiger partial charge on any atom is -0.478 e. The third-order valence-electron chi connectivity index (χ3n) is 1.68. The molecule has 0 spiro atoms. The summed E-state index contributed by atoms with van der Waals surface area (Å²) in [4.78, 5) is 10.3. The Hall–Kier alpha value is -1.62. The van der Waals surface area contributed by atoms with Gasteiger partial charge in [-0.1, -0.05) is 24.3 Å². The van der Waals surface area contributed by atoms with Crippen molar-refractivity contribution in [2.24, 2.45) is 0 Å². The molecule has 0 saturated carbocycles. The van der Waals surface area contributed by atoms with E-state index in [0.717, 1.165) is 12.2 Å². The van der Waals surface area contributed by atoms with Crippen molar-refractivity contribution in [3.05, 3.63) is 42.5 Å². The molecule has 0 saturated heterocycles. The fourth-order valence-electron chi connectivity index (χ4n) is 1.000. The van der Waals surface area contributed by atoms with Crippen molar-refractivity contribution in [2.45, 2.75) is 4.90 Å². The van der Waals surface area contributed by atoms with E-state index in [9.17, 15) is 13.2 Å². The Morgan fingerprint density at radius 2 is 1.87 bits per heavy atom. The molecule has 0 bridgehead atoms. The number of benzene rings is 1. The SMILES string of the molecule is O=C(O)/C=C/CS(=O)(=O)c1ccccc1. The van der Waals surface area contributed by atoms with Gasteiger partial charge >= 0.3 is 5.97 Å². The maximum absolute atomic E-state index is 11.6. The Balaban J connectivity index is 2.82. The molecule has 1 rings (SSSR count). The molecule has 0 atom stereocenters. The van der Waals surface area contributed by atoms with Gasteiger partial charge in [0.1, 0.15) is 0 Å². The van der Waals surface area contributed by atoms with Crippen molar-refractivity contribution < 1.29 is 18.3 Å². The number of sulfone groups is 1. The van der Waals surface area contributed by atoms with Crippen molar-refractivity contribution >= 4 is 15.8 Å². The fourth-order valence-corrected chi connectivity index (χ4v) is 2.11. The molecule has 0 amide bonds. The van der Waals surface area contributed by atoms with Crippen LogP contribution in [0.5, 0.6) is 0 Å². The predicted octanol–water partition coefficient (Wildman–Crippen LogP) is 1.10. The highest BCUT2D eigenvalue weighted by atomic mass is 32.2. The van der Waals surface area contributed by atoms with Crippen LogP contribution in [-0.4, -0.2) is 25.2 Å². The van der Waals surface area contributed by atoms with Crippen LogP contribution in [0.2, 0.25) is 0 Å².